The molecule has 0 aliphatic carbocycles. The minimum Gasteiger partial charge on any atom is -0.481 e. The van der Waals surface area contributed by atoms with E-state index in [0.717, 1.165) is 0 Å². The van der Waals surface area contributed by atoms with Crippen molar-refractivity contribution in [3.63, 3.8) is 0 Å². The first-order chi connectivity index (χ1) is 10.0. The highest BCUT2D eigenvalue weighted by molar-refractivity contribution is 6.20. The fourth-order valence-corrected chi connectivity index (χ4v) is 2.13. The molecular weight excluding hydrogens is 304 g/mol. The molecule has 0 aromatic carbocycles. The molecule has 0 radical (unpaired) electrons. The second-order valence-electron chi connectivity index (χ2n) is 4.40. The predicted molar refractivity (Wildman–Crippen MR) is 75.2 cm³/mol. The highest BCUT2D eigenvalue weighted by Gasteiger charge is 2.16. The van der Waals surface area contributed by atoms with Crippen LogP contribution in [0.3, 0.4) is 0 Å². The van der Waals surface area contributed by atoms with Gasteiger partial charge < -0.3 is 14.0 Å². The summed E-state index contributed by atoms with van der Waals surface area (Å²) in [5.41, 5.74) is 1.27. The summed E-state index contributed by atoms with van der Waals surface area (Å²) in [6.45, 7) is 1.67. The van der Waals surface area contributed by atoms with Gasteiger partial charge >= 0.3 is 0 Å². The summed E-state index contributed by atoms with van der Waals surface area (Å²) in [4.78, 5) is 8.74. The zero-order valence-electron chi connectivity index (χ0n) is 11.7. The molecule has 0 amide bonds. The third kappa shape index (κ3) is 3.79. The average molecular weight is 320 g/mol. The van der Waals surface area contributed by atoms with Gasteiger partial charge in [0.1, 0.15) is 17.9 Å². The highest BCUT2D eigenvalue weighted by atomic mass is 35.5. The molecule has 116 valence electrons. The average Bonchev–Trinajstić information content (AvgIpc) is 2.81. The number of rotatable bonds is 7. The molecule has 0 N–H and O–H groups in total. The Morgan fingerprint density at radius 3 is 2.71 bits per heavy atom. The van der Waals surface area contributed by atoms with Crippen molar-refractivity contribution in [2.24, 2.45) is 0 Å². The Labute approximate surface area is 125 Å². The first-order valence-electron chi connectivity index (χ1n) is 6.44. The molecule has 0 aliphatic rings. The van der Waals surface area contributed by atoms with E-state index in [1.54, 1.807) is 23.6 Å². The maximum absolute atomic E-state index is 12.1. The fraction of sp³-hybridized carbons (Fsp3) is 0.538. The van der Waals surface area contributed by atoms with E-state index < -0.39 is 13.0 Å². The number of imidazole rings is 1. The molecule has 5 nitrogen and oxygen atoms in total. The van der Waals surface area contributed by atoms with Gasteiger partial charge in [0.15, 0.2) is 5.65 Å². The molecule has 1 unspecified atom stereocenters. The molecule has 2 aromatic heterocycles. The van der Waals surface area contributed by atoms with Crippen molar-refractivity contribution in [1.82, 2.24) is 14.5 Å². The van der Waals surface area contributed by atoms with Crippen LogP contribution in [0.1, 0.15) is 18.1 Å². The summed E-state index contributed by atoms with van der Waals surface area (Å²) < 4.78 is 35.9. The van der Waals surface area contributed by atoms with E-state index in [1.165, 1.54) is 7.11 Å². The summed E-state index contributed by atoms with van der Waals surface area (Å²) in [6.07, 6.45) is -2.48. The molecule has 0 aliphatic heterocycles. The topological polar surface area (TPSA) is 49.2 Å². The van der Waals surface area contributed by atoms with E-state index in [2.05, 4.69) is 9.97 Å². The molecule has 2 heterocycles. The first kappa shape index (κ1) is 15.9. The molecule has 8 heteroatoms. The Morgan fingerprint density at radius 1 is 1.33 bits per heavy atom. The summed E-state index contributed by atoms with van der Waals surface area (Å²) in [5, 5.41) is -0.333. The molecule has 2 aromatic rings. The molecule has 2 rings (SSSR count). The second kappa shape index (κ2) is 7.00. The minimum atomic E-state index is -2.48. The lowest BCUT2D eigenvalue weighted by atomic mass is 10.4. The molecule has 0 spiro atoms. The second-order valence-corrected chi connectivity index (χ2v) is 5.05. The van der Waals surface area contributed by atoms with Crippen LogP contribution in [0, 0.1) is 0 Å². The van der Waals surface area contributed by atoms with Gasteiger partial charge in [-0.1, -0.05) is 0 Å². The van der Waals surface area contributed by atoms with Crippen molar-refractivity contribution in [1.29, 1.82) is 0 Å². The number of hydrogen-bond donors (Lipinski definition) is 0. The van der Waals surface area contributed by atoms with Gasteiger partial charge in [0.05, 0.1) is 19.1 Å². The van der Waals surface area contributed by atoms with Crippen LogP contribution in [0.4, 0.5) is 8.78 Å². The Morgan fingerprint density at radius 2 is 2.10 bits per heavy atom. The number of ether oxygens (including phenoxy) is 2. The van der Waals surface area contributed by atoms with Gasteiger partial charge in [-0.05, 0) is 13.0 Å². The molecule has 0 bridgehead atoms. The van der Waals surface area contributed by atoms with Crippen LogP contribution < -0.4 is 4.74 Å². The number of halogens is 3. The number of aromatic nitrogens is 3. The summed E-state index contributed by atoms with van der Waals surface area (Å²) in [5.74, 6) is 1.07. The van der Waals surface area contributed by atoms with Crippen LogP contribution in [0.15, 0.2) is 12.1 Å². The molecular formula is C13H16ClF2N3O2. The van der Waals surface area contributed by atoms with Gasteiger partial charge in [0.25, 0.3) is 6.43 Å². The van der Waals surface area contributed by atoms with E-state index in [0.29, 0.717) is 29.4 Å². The van der Waals surface area contributed by atoms with E-state index in [-0.39, 0.29) is 12.0 Å². The van der Waals surface area contributed by atoms with E-state index in [4.69, 9.17) is 21.1 Å². The third-order valence-corrected chi connectivity index (χ3v) is 3.06. The fourth-order valence-electron chi connectivity index (χ4n) is 1.97. The van der Waals surface area contributed by atoms with Crippen molar-refractivity contribution in [3.05, 3.63) is 18.0 Å². The van der Waals surface area contributed by atoms with Gasteiger partial charge in [-0.15, -0.1) is 11.6 Å². The number of nitrogens with zero attached hydrogens (tertiary/aromatic N) is 3. The molecule has 21 heavy (non-hydrogen) atoms. The SMILES string of the molecule is COc1ccc2nc(C(C)Cl)n(CCOCC(F)F)c2n1. The lowest BCUT2D eigenvalue weighted by Gasteiger charge is -2.10. The number of hydrogen-bond acceptors (Lipinski definition) is 4. The van der Waals surface area contributed by atoms with Crippen molar-refractivity contribution in [3.8, 4) is 5.88 Å². The lowest BCUT2D eigenvalue weighted by molar-refractivity contribution is 0.0148. The monoisotopic (exact) mass is 319 g/mol. The number of pyridine rings is 1. The summed E-state index contributed by atoms with van der Waals surface area (Å²) in [6, 6.07) is 3.48. The van der Waals surface area contributed by atoms with Crippen LogP contribution in [-0.2, 0) is 11.3 Å². The number of methoxy groups -OCH3 is 1. The van der Waals surface area contributed by atoms with E-state index >= 15 is 0 Å². The molecule has 0 fully saturated rings. The van der Waals surface area contributed by atoms with Gasteiger partial charge in [-0.2, -0.15) is 4.98 Å². The van der Waals surface area contributed by atoms with Crippen molar-refractivity contribution in [2.75, 3.05) is 20.3 Å². The maximum atomic E-state index is 12.1. The standard InChI is InChI=1S/C13H16ClF2N3O2/c1-8(14)12-17-9-3-4-11(20-2)18-13(9)19(12)5-6-21-7-10(15)16/h3-4,8,10H,5-7H2,1-2H3. The van der Waals surface area contributed by atoms with Crippen LogP contribution in [0.2, 0.25) is 0 Å². The molecule has 0 saturated carbocycles. The third-order valence-electron chi connectivity index (χ3n) is 2.86. The Kier molecular flexibility index (Phi) is 5.30. The normalized spacial score (nSPS) is 13.0. The van der Waals surface area contributed by atoms with E-state index in [1.807, 2.05) is 0 Å². The lowest BCUT2D eigenvalue weighted by Crippen LogP contribution is -2.13. The van der Waals surface area contributed by atoms with E-state index in [9.17, 15) is 8.78 Å². The van der Waals surface area contributed by atoms with Crippen molar-refractivity contribution >= 4 is 22.8 Å². The van der Waals surface area contributed by atoms with Crippen LogP contribution in [0.25, 0.3) is 11.2 Å². The number of fused-ring (bicyclic) bond motifs is 1. The quantitative estimate of drug-likeness (QED) is 0.581. The van der Waals surface area contributed by atoms with Crippen molar-refractivity contribution in [2.45, 2.75) is 25.3 Å². The van der Waals surface area contributed by atoms with Gasteiger partial charge in [-0.25, -0.2) is 13.8 Å². The van der Waals surface area contributed by atoms with Crippen molar-refractivity contribution < 1.29 is 18.3 Å². The Bertz CT molecular complexity index is 604. The van der Waals surface area contributed by atoms with Crippen LogP contribution >= 0.6 is 11.6 Å². The zero-order chi connectivity index (χ0) is 15.4. The van der Waals surface area contributed by atoms with Crippen LogP contribution in [0.5, 0.6) is 5.88 Å². The largest absolute Gasteiger partial charge is 0.481 e. The minimum absolute atomic E-state index is 0.130. The Balaban J connectivity index is 2.26. The summed E-state index contributed by atoms with van der Waals surface area (Å²) in [7, 11) is 1.52. The van der Waals surface area contributed by atoms with Crippen LogP contribution in [-0.4, -0.2) is 41.3 Å². The maximum Gasteiger partial charge on any atom is 0.261 e. The van der Waals surface area contributed by atoms with Gasteiger partial charge in [0.2, 0.25) is 5.88 Å². The molecule has 0 saturated heterocycles. The van der Waals surface area contributed by atoms with Gasteiger partial charge in [-0.3, -0.25) is 0 Å². The smallest absolute Gasteiger partial charge is 0.261 e. The summed E-state index contributed by atoms with van der Waals surface area (Å²) >= 11 is 6.11. The zero-order valence-corrected chi connectivity index (χ0v) is 12.5. The highest BCUT2D eigenvalue weighted by Crippen LogP contribution is 2.25. The predicted octanol–water partition coefficient (Wildman–Crippen LogP) is 3.02. The first-order valence-corrected chi connectivity index (χ1v) is 6.87. The Hall–Kier alpha value is -1.47. The molecule has 1 atom stereocenters. The van der Waals surface area contributed by atoms with Gasteiger partial charge in [0, 0.05) is 12.6 Å². The number of alkyl halides is 3.